The lowest BCUT2D eigenvalue weighted by molar-refractivity contribution is 0.0284. The van der Waals surface area contributed by atoms with E-state index in [2.05, 4.69) is 10.2 Å². The maximum atomic E-state index is 12.0. The summed E-state index contributed by atoms with van der Waals surface area (Å²) in [5.74, 6) is 0.830. The summed E-state index contributed by atoms with van der Waals surface area (Å²) in [4.78, 5) is 13.7. The highest BCUT2D eigenvalue weighted by Gasteiger charge is 2.30. The van der Waals surface area contributed by atoms with E-state index in [1.165, 1.54) is 0 Å². The van der Waals surface area contributed by atoms with Crippen molar-refractivity contribution in [1.29, 1.82) is 0 Å². The van der Waals surface area contributed by atoms with Gasteiger partial charge in [-0.15, -0.1) is 5.10 Å². The van der Waals surface area contributed by atoms with Crippen LogP contribution >= 0.6 is 0 Å². The third-order valence-corrected chi connectivity index (χ3v) is 3.18. The van der Waals surface area contributed by atoms with Crippen LogP contribution in [0, 0.1) is 12.8 Å². The Morgan fingerprint density at radius 3 is 2.76 bits per heavy atom. The van der Waals surface area contributed by atoms with E-state index in [4.69, 9.17) is 9.47 Å². The molecule has 0 unspecified atom stereocenters. The minimum absolute atomic E-state index is 0.250. The van der Waals surface area contributed by atoms with E-state index in [9.17, 15) is 4.79 Å². The molecule has 6 nitrogen and oxygen atoms in total. The molecule has 1 aromatic rings. The van der Waals surface area contributed by atoms with Gasteiger partial charge in [-0.2, -0.15) is 5.10 Å². The molecular weight excluding hydrogens is 270 g/mol. The van der Waals surface area contributed by atoms with E-state index in [1.807, 2.05) is 39.8 Å². The molecule has 21 heavy (non-hydrogen) atoms. The number of hydrogen-bond acceptors (Lipinski definition) is 5. The van der Waals surface area contributed by atoms with Gasteiger partial charge in [-0.05, 0) is 40.2 Å². The number of aryl methyl sites for hydroxylation is 1. The molecule has 116 valence electrons. The van der Waals surface area contributed by atoms with Crippen LogP contribution in [-0.2, 0) is 4.74 Å². The van der Waals surface area contributed by atoms with Crippen LogP contribution in [0.1, 0.15) is 32.9 Å². The van der Waals surface area contributed by atoms with Crippen LogP contribution in [-0.4, -0.2) is 46.5 Å². The Kier molecular flexibility index (Phi) is 4.65. The molecule has 0 aromatic carbocycles. The zero-order valence-electron chi connectivity index (χ0n) is 13.1. The van der Waals surface area contributed by atoms with Crippen molar-refractivity contribution >= 4 is 6.09 Å². The smallest absolute Gasteiger partial charge is 0.410 e. The van der Waals surface area contributed by atoms with E-state index >= 15 is 0 Å². The molecule has 0 aliphatic carbocycles. The van der Waals surface area contributed by atoms with Gasteiger partial charge in [0.25, 0.3) is 0 Å². The Labute approximate surface area is 125 Å². The van der Waals surface area contributed by atoms with Crippen molar-refractivity contribution in [2.24, 2.45) is 5.92 Å². The number of amides is 1. The van der Waals surface area contributed by atoms with Crippen molar-refractivity contribution in [1.82, 2.24) is 15.1 Å². The predicted molar refractivity (Wildman–Crippen MR) is 78.2 cm³/mol. The van der Waals surface area contributed by atoms with Gasteiger partial charge < -0.3 is 14.4 Å². The lowest BCUT2D eigenvalue weighted by Gasteiger charge is -2.24. The minimum Gasteiger partial charge on any atom is -0.476 e. The molecule has 1 aromatic heterocycles. The minimum atomic E-state index is -0.455. The summed E-state index contributed by atoms with van der Waals surface area (Å²) in [5.41, 5.74) is 0.405. The fourth-order valence-corrected chi connectivity index (χ4v) is 2.13. The first kappa shape index (κ1) is 15.5. The van der Waals surface area contributed by atoms with Crippen LogP contribution in [0.15, 0.2) is 12.1 Å². The molecule has 2 rings (SSSR count). The predicted octanol–water partition coefficient (Wildman–Crippen LogP) is 2.42. The number of nitrogens with zero attached hydrogens (tertiary/aromatic N) is 3. The fourth-order valence-electron chi connectivity index (χ4n) is 2.13. The Balaban J connectivity index is 1.77. The van der Waals surface area contributed by atoms with Gasteiger partial charge in [0, 0.05) is 25.1 Å². The number of hydrogen-bond donors (Lipinski definition) is 0. The van der Waals surface area contributed by atoms with Crippen molar-refractivity contribution in [3.8, 4) is 5.88 Å². The molecule has 2 heterocycles. The highest BCUT2D eigenvalue weighted by molar-refractivity contribution is 5.68. The fraction of sp³-hybridized carbons (Fsp3) is 0.667. The molecule has 6 heteroatoms. The van der Waals surface area contributed by atoms with Crippen molar-refractivity contribution in [3.05, 3.63) is 17.8 Å². The molecule has 1 saturated heterocycles. The van der Waals surface area contributed by atoms with Crippen molar-refractivity contribution in [3.63, 3.8) is 0 Å². The summed E-state index contributed by atoms with van der Waals surface area (Å²) in [5, 5.41) is 7.91. The average molecular weight is 293 g/mol. The molecular formula is C15H23N3O3. The third-order valence-electron chi connectivity index (χ3n) is 3.18. The first-order valence-electron chi connectivity index (χ1n) is 7.24. The molecule has 0 bridgehead atoms. The second kappa shape index (κ2) is 6.28. The van der Waals surface area contributed by atoms with E-state index in [-0.39, 0.29) is 6.09 Å². The zero-order chi connectivity index (χ0) is 15.5. The number of carbonyl (C=O) groups is 1. The van der Waals surface area contributed by atoms with Crippen LogP contribution in [0.3, 0.4) is 0 Å². The lowest BCUT2D eigenvalue weighted by Crippen LogP contribution is -2.35. The maximum absolute atomic E-state index is 12.0. The summed E-state index contributed by atoms with van der Waals surface area (Å²) in [6.45, 7) is 9.41. The van der Waals surface area contributed by atoms with Gasteiger partial charge in [0.1, 0.15) is 5.60 Å². The second-order valence-electron chi connectivity index (χ2n) is 6.41. The third kappa shape index (κ3) is 4.88. The molecule has 1 amide bonds. The summed E-state index contributed by atoms with van der Waals surface area (Å²) >= 11 is 0. The van der Waals surface area contributed by atoms with Gasteiger partial charge in [-0.3, -0.25) is 0 Å². The van der Waals surface area contributed by atoms with E-state index in [0.717, 1.165) is 12.1 Å². The van der Waals surface area contributed by atoms with Crippen LogP contribution < -0.4 is 4.74 Å². The normalized spacial score (nSPS) is 18.7. The highest BCUT2D eigenvalue weighted by atomic mass is 16.6. The maximum Gasteiger partial charge on any atom is 0.410 e. The standard InChI is InChI=1S/C15H23N3O3/c1-11-5-6-13(17-16-11)20-10-12-7-8-18(9-12)14(19)21-15(2,3)4/h5-6,12H,7-10H2,1-4H3/t12-/m0/s1. The van der Waals surface area contributed by atoms with E-state index < -0.39 is 5.60 Å². The number of carbonyl (C=O) groups excluding carboxylic acids is 1. The number of ether oxygens (including phenoxy) is 2. The van der Waals surface area contributed by atoms with Crippen LogP contribution in [0.25, 0.3) is 0 Å². The van der Waals surface area contributed by atoms with E-state index in [0.29, 0.717) is 31.5 Å². The first-order chi connectivity index (χ1) is 9.83. The summed E-state index contributed by atoms with van der Waals surface area (Å²) in [6, 6.07) is 3.67. The molecule has 0 N–H and O–H groups in total. The SMILES string of the molecule is Cc1ccc(OC[C@H]2CCN(C(=O)OC(C)(C)C)C2)nn1. The Morgan fingerprint density at radius 1 is 1.38 bits per heavy atom. The second-order valence-corrected chi connectivity index (χ2v) is 6.41. The summed E-state index contributed by atoms with van der Waals surface area (Å²) in [7, 11) is 0. The topological polar surface area (TPSA) is 64.5 Å². The van der Waals surface area contributed by atoms with Gasteiger partial charge in [-0.25, -0.2) is 4.79 Å². The van der Waals surface area contributed by atoms with Crippen molar-refractivity contribution < 1.29 is 14.3 Å². The van der Waals surface area contributed by atoms with Crippen LogP contribution in [0.5, 0.6) is 5.88 Å². The Morgan fingerprint density at radius 2 is 2.14 bits per heavy atom. The van der Waals surface area contributed by atoms with Gasteiger partial charge in [0.05, 0.1) is 12.3 Å². The molecule has 1 fully saturated rings. The molecule has 0 spiro atoms. The number of aromatic nitrogens is 2. The summed E-state index contributed by atoms with van der Waals surface area (Å²) in [6.07, 6.45) is 0.665. The Bertz CT molecular complexity index is 482. The highest BCUT2D eigenvalue weighted by Crippen LogP contribution is 2.20. The van der Waals surface area contributed by atoms with Crippen molar-refractivity contribution in [2.45, 2.75) is 39.7 Å². The van der Waals surface area contributed by atoms with E-state index in [1.54, 1.807) is 4.90 Å². The monoisotopic (exact) mass is 293 g/mol. The van der Waals surface area contributed by atoms with Crippen LogP contribution in [0.4, 0.5) is 4.79 Å². The lowest BCUT2D eigenvalue weighted by atomic mass is 10.1. The average Bonchev–Trinajstić information content (AvgIpc) is 2.85. The zero-order valence-corrected chi connectivity index (χ0v) is 13.1. The summed E-state index contributed by atoms with van der Waals surface area (Å²) < 4.78 is 11.0. The molecule has 1 atom stereocenters. The van der Waals surface area contributed by atoms with Gasteiger partial charge in [0.2, 0.25) is 5.88 Å². The number of likely N-dealkylation sites (tertiary alicyclic amines) is 1. The van der Waals surface area contributed by atoms with Crippen LogP contribution in [0.2, 0.25) is 0 Å². The van der Waals surface area contributed by atoms with Crippen molar-refractivity contribution in [2.75, 3.05) is 19.7 Å². The van der Waals surface area contributed by atoms with Gasteiger partial charge in [-0.1, -0.05) is 0 Å². The molecule has 1 aliphatic heterocycles. The molecule has 0 saturated carbocycles. The van der Waals surface area contributed by atoms with Gasteiger partial charge in [0.15, 0.2) is 0 Å². The number of rotatable bonds is 3. The molecule has 1 aliphatic rings. The Hall–Kier alpha value is -1.85. The largest absolute Gasteiger partial charge is 0.476 e. The van der Waals surface area contributed by atoms with Gasteiger partial charge >= 0.3 is 6.09 Å². The first-order valence-corrected chi connectivity index (χ1v) is 7.24. The molecule has 0 radical (unpaired) electrons. The quantitative estimate of drug-likeness (QED) is 0.856.